The molecule has 0 saturated heterocycles. The van der Waals surface area contributed by atoms with E-state index >= 15 is 0 Å². The molecule has 0 aliphatic rings. The Morgan fingerprint density at radius 2 is 2.20 bits per heavy atom. The molecule has 1 amide bonds. The summed E-state index contributed by atoms with van der Waals surface area (Å²) in [5.41, 5.74) is 0.548. The van der Waals surface area contributed by atoms with Gasteiger partial charge in [0.05, 0.1) is 5.69 Å². The third kappa shape index (κ3) is 3.61. The Bertz CT molecular complexity index is 628. The largest absolute Gasteiger partial charge is 0.506 e. The smallest absolute Gasteiger partial charge is 0.275 e. The predicted octanol–water partition coefficient (Wildman–Crippen LogP) is 3.57. The summed E-state index contributed by atoms with van der Waals surface area (Å²) in [5.74, 6) is -0.436. The lowest BCUT2D eigenvalue weighted by Crippen LogP contribution is -2.13. The Morgan fingerprint density at radius 3 is 2.90 bits per heavy atom. The number of nitrogens with one attached hydrogen (secondary N) is 2. The first-order valence-electron chi connectivity index (χ1n) is 5.97. The number of amides is 1. The van der Waals surface area contributed by atoms with Gasteiger partial charge in [0.25, 0.3) is 5.91 Å². The molecular formula is C13H14ClN3O2S. The molecule has 0 saturated carbocycles. The lowest BCUT2D eigenvalue weighted by atomic mass is 10.3. The number of phenols is 1. The van der Waals surface area contributed by atoms with Crippen LogP contribution in [0.3, 0.4) is 0 Å². The molecule has 7 heteroatoms. The summed E-state index contributed by atoms with van der Waals surface area (Å²) in [4.78, 5) is 16.2. The van der Waals surface area contributed by atoms with E-state index in [4.69, 9.17) is 11.6 Å². The molecule has 0 unspecified atom stereocenters. The third-order valence-corrected chi connectivity index (χ3v) is 3.36. The van der Waals surface area contributed by atoms with E-state index in [1.165, 1.54) is 23.5 Å². The Morgan fingerprint density at radius 1 is 1.45 bits per heavy atom. The normalized spacial score (nSPS) is 10.6. The van der Waals surface area contributed by atoms with Crippen LogP contribution >= 0.6 is 22.9 Å². The standard InChI is InChI=1S/C13H14ClN3O2S/c1-7(2)15-13-17-10(6-20-13)12(19)16-9-5-8(14)3-4-11(9)18/h3-7,18H,1-2H3,(H,15,17)(H,16,19). The second-order valence-corrected chi connectivity index (χ2v) is 5.75. The topological polar surface area (TPSA) is 74.2 Å². The molecule has 1 aromatic carbocycles. The molecule has 0 aliphatic carbocycles. The van der Waals surface area contributed by atoms with Gasteiger partial charge in [-0.3, -0.25) is 4.79 Å². The zero-order chi connectivity index (χ0) is 14.7. The minimum Gasteiger partial charge on any atom is -0.506 e. The summed E-state index contributed by atoms with van der Waals surface area (Å²) >= 11 is 7.17. The molecule has 106 valence electrons. The quantitative estimate of drug-likeness (QED) is 0.755. The molecule has 0 radical (unpaired) electrons. The van der Waals surface area contributed by atoms with E-state index < -0.39 is 5.91 Å². The van der Waals surface area contributed by atoms with Gasteiger partial charge in [0, 0.05) is 16.4 Å². The summed E-state index contributed by atoms with van der Waals surface area (Å²) < 4.78 is 0. The number of rotatable bonds is 4. The lowest BCUT2D eigenvalue weighted by Gasteiger charge is -2.06. The van der Waals surface area contributed by atoms with E-state index in [2.05, 4.69) is 15.6 Å². The van der Waals surface area contributed by atoms with Crippen molar-refractivity contribution in [1.29, 1.82) is 0 Å². The van der Waals surface area contributed by atoms with Crippen molar-refractivity contribution < 1.29 is 9.90 Å². The summed E-state index contributed by atoms with van der Waals surface area (Å²) in [6.45, 7) is 3.98. The molecule has 1 aromatic heterocycles. The average molecular weight is 312 g/mol. The summed E-state index contributed by atoms with van der Waals surface area (Å²) in [6.07, 6.45) is 0. The van der Waals surface area contributed by atoms with Gasteiger partial charge in [-0.05, 0) is 32.0 Å². The number of benzene rings is 1. The number of aromatic nitrogens is 1. The molecular weight excluding hydrogens is 298 g/mol. The fourth-order valence-electron chi connectivity index (χ4n) is 1.49. The third-order valence-electron chi connectivity index (χ3n) is 2.36. The van der Waals surface area contributed by atoms with Crippen molar-refractivity contribution in [3.05, 3.63) is 34.3 Å². The van der Waals surface area contributed by atoms with Crippen molar-refractivity contribution >= 4 is 39.7 Å². The van der Waals surface area contributed by atoms with Crippen molar-refractivity contribution in [2.24, 2.45) is 0 Å². The maximum atomic E-state index is 12.0. The maximum Gasteiger partial charge on any atom is 0.275 e. The number of anilines is 2. The zero-order valence-corrected chi connectivity index (χ0v) is 12.5. The summed E-state index contributed by atoms with van der Waals surface area (Å²) in [5, 5.41) is 18.1. The molecule has 0 bridgehead atoms. The van der Waals surface area contributed by atoms with Crippen LogP contribution in [-0.4, -0.2) is 22.0 Å². The summed E-state index contributed by atoms with van der Waals surface area (Å²) in [6, 6.07) is 4.69. The number of thiazole rings is 1. The molecule has 20 heavy (non-hydrogen) atoms. The fourth-order valence-corrected chi connectivity index (χ4v) is 2.50. The minimum absolute atomic E-state index is 0.0430. The zero-order valence-electron chi connectivity index (χ0n) is 11.0. The van der Waals surface area contributed by atoms with Gasteiger partial charge >= 0.3 is 0 Å². The van der Waals surface area contributed by atoms with E-state index in [9.17, 15) is 9.90 Å². The lowest BCUT2D eigenvalue weighted by molar-refractivity contribution is 0.102. The van der Waals surface area contributed by atoms with Crippen LogP contribution in [0.4, 0.5) is 10.8 Å². The van der Waals surface area contributed by atoms with E-state index in [0.717, 1.165) is 0 Å². The van der Waals surface area contributed by atoms with Crippen LogP contribution in [0, 0.1) is 0 Å². The van der Waals surface area contributed by atoms with Gasteiger partial charge in [-0.1, -0.05) is 11.6 Å². The number of carbonyl (C=O) groups is 1. The number of aromatic hydroxyl groups is 1. The van der Waals surface area contributed by atoms with Gasteiger partial charge < -0.3 is 15.7 Å². The van der Waals surface area contributed by atoms with Gasteiger partial charge in [0.1, 0.15) is 11.4 Å². The van der Waals surface area contributed by atoms with Gasteiger partial charge in [-0.15, -0.1) is 11.3 Å². The highest BCUT2D eigenvalue weighted by atomic mass is 35.5. The van der Waals surface area contributed by atoms with Gasteiger partial charge in [-0.25, -0.2) is 4.98 Å². The van der Waals surface area contributed by atoms with Crippen LogP contribution in [-0.2, 0) is 0 Å². The van der Waals surface area contributed by atoms with E-state index in [1.54, 1.807) is 11.4 Å². The molecule has 0 spiro atoms. The number of hydrogen-bond acceptors (Lipinski definition) is 5. The highest BCUT2D eigenvalue weighted by molar-refractivity contribution is 7.13. The van der Waals surface area contributed by atoms with E-state index in [0.29, 0.717) is 10.2 Å². The van der Waals surface area contributed by atoms with Gasteiger partial charge in [0.2, 0.25) is 0 Å². The Balaban J connectivity index is 2.11. The van der Waals surface area contributed by atoms with Crippen molar-refractivity contribution in [3.8, 4) is 5.75 Å². The highest BCUT2D eigenvalue weighted by Gasteiger charge is 2.13. The monoisotopic (exact) mass is 311 g/mol. The van der Waals surface area contributed by atoms with Crippen LogP contribution in [0.25, 0.3) is 0 Å². The number of hydrogen-bond donors (Lipinski definition) is 3. The van der Waals surface area contributed by atoms with Crippen molar-refractivity contribution in [2.45, 2.75) is 19.9 Å². The second kappa shape index (κ2) is 6.11. The van der Waals surface area contributed by atoms with Crippen molar-refractivity contribution in [1.82, 2.24) is 4.98 Å². The van der Waals surface area contributed by atoms with Crippen LogP contribution in [0.2, 0.25) is 5.02 Å². The van der Waals surface area contributed by atoms with E-state index in [-0.39, 0.29) is 23.2 Å². The Kier molecular flexibility index (Phi) is 4.46. The number of phenolic OH excluding ortho intramolecular Hbond substituents is 1. The first-order valence-corrected chi connectivity index (χ1v) is 7.23. The SMILES string of the molecule is CC(C)Nc1nc(C(=O)Nc2cc(Cl)ccc2O)cs1. The Labute approximate surface area is 125 Å². The fraction of sp³-hybridized carbons (Fsp3) is 0.231. The van der Waals surface area contributed by atoms with Gasteiger partial charge in [-0.2, -0.15) is 0 Å². The van der Waals surface area contributed by atoms with Crippen LogP contribution in [0.15, 0.2) is 23.6 Å². The molecule has 0 atom stereocenters. The average Bonchev–Trinajstić information content (AvgIpc) is 2.81. The van der Waals surface area contributed by atoms with Gasteiger partial charge in [0.15, 0.2) is 5.13 Å². The first-order chi connectivity index (χ1) is 9.45. The van der Waals surface area contributed by atoms with Crippen LogP contribution < -0.4 is 10.6 Å². The van der Waals surface area contributed by atoms with Crippen LogP contribution in [0.5, 0.6) is 5.75 Å². The number of carbonyl (C=O) groups excluding carboxylic acids is 1. The van der Waals surface area contributed by atoms with E-state index in [1.807, 2.05) is 13.8 Å². The number of nitrogens with zero attached hydrogens (tertiary/aromatic N) is 1. The molecule has 1 heterocycles. The molecule has 0 fully saturated rings. The van der Waals surface area contributed by atoms with Crippen molar-refractivity contribution in [3.63, 3.8) is 0 Å². The highest BCUT2D eigenvalue weighted by Crippen LogP contribution is 2.27. The summed E-state index contributed by atoms with van der Waals surface area (Å²) in [7, 11) is 0. The van der Waals surface area contributed by atoms with Crippen molar-refractivity contribution in [2.75, 3.05) is 10.6 Å². The van der Waals surface area contributed by atoms with Crippen LogP contribution in [0.1, 0.15) is 24.3 Å². The first kappa shape index (κ1) is 14.6. The predicted molar refractivity (Wildman–Crippen MR) is 81.9 cm³/mol. The molecule has 2 aromatic rings. The molecule has 5 nitrogen and oxygen atoms in total. The molecule has 0 aliphatic heterocycles. The molecule has 3 N–H and O–H groups in total. The Hall–Kier alpha value is -1.79. The molecule has 2 rings (SSSR count). The number of halogens is 1. The second-order valence-electron chi connectivity index (χ2n) is 4.45. The maximum absolute atomic E-state index is 12.0. The minimum atomic E-state index is -0.393.